The number of aromatic nitrogens is 1. The lowest BCUT2D eigenvalue weighted by atomic mass is 9.75. The van der Waals surface area contributed by atoms with Gasteiger partial charge in [0.2, 0.25) is 0 Å². The topological polar surface area (TPSA) is 70.9 Å². The average Bonchev–Trinajstić information content (AvgIpc) is 3.24. The lowest BCUT2D eigenvalue weighted by molar-refractivity contribution is -0.200. The molecule has 2 aromatic rings. The SMILES string of the molecule is CO.FC(F)(F)Cn1c(C#CCNC2CCOCC2)cc2c(NC3CCC(N4CC5(COC5)C4)CC3)cccc21. The van der Waals surface area contributed by atoms with Crippen LogP contribution in [0.2, 0.25) is 0 Å². The number of anilines is 1. The molecular formula is C30H41F3N4O3. The Kier molecular flexibility index (Phi) is 9.28. The van der Waals surface area contributed by atoms with Gasteiger partial charge in [-0.05, 0) is 62.6 Å². The van der Waals surface area contributed by atoms with Gasteiger partial charge in [-0.1, -0.05) is 12.0 Å². The third-order valence-corrected chi connectivity index (χ3v) is 8.67. The van der Waals surface area contributed by atoms with Gasteiger partial charge < -0.3 is 29.8 Å². The molecule has 40 heavy (non-hydrogen) atoms. The van der Waals surface area contributed by atoms with Crippen molar-refractivity contribution in [3.63, 3.8) is 0 Å². The Hall–Kier alpha value is -2.29. The molecule has 10 heteroatoms. The summed E-state index contributed by atoms with van der Waals surface area (Å²) in [7, 11) is 1.00. The van der Waals surface area contributed by atoms with Gasteiger partial charge in [0.05, 0.1) is 31.0 Å². The van der Waals surface area contributed by atoms with E-state index in [1.807, 2.05) is 18.2 Å². The first-order chi connectivity index (χ1) is 19.4. The van der Waals surface area contributed by atoms with Crippen LogP contribution in [-0.4, -0.2) is 92.0 Å². The van der Waals surface area contributed by atoms with Crippen LogP contribution in [0, 0.1) is 17.3 Å². The van der Waals surface area contributed by atoms with Crippen molar-refractivity contribution in [2.24, 2.45) is 5.41 Å². The first-order valence-corrected chi connectivity index (χ1v) is 14.4. The van der Waals surface area contributed by atoms with Gasteiger partial charge in [0.15, 0.2) is 0 Å². The van der Waals surface area contributed by atoms with Crippen molar-refractivity contribution in [3.05, 3.63) is 30.0 Å². The Morgan fingerprint density at radius 1 is 1.00 bits per heavy atom. The number of fused-ring (bicyclic) bond motifs is 1. The molecule has 3 saturated heterocycles. The molecule has 0 radical (unpaired) electrons. The number of halogens is 3. The molecule has 1 aromatic heterocycles. The first kappa shape index (κ1) is 29.2. The molecule has 0 bridgehead atoms. The summed E-state index contributed by atoms with van der Waals surface area (Å²) in [5, 5.41) is 14.8. The van der Waals surface area contributed by atoms with E-state index in [9.17, 15) is 13.2 Å². The van der Waals surface area contributed by atoms with Crippen molar-refractivity contribution >= 4 is 16.6 Å². The van der Waals surface area contributed by atoms with Crippen LogP contribution in [0.4, 0.5) is 18.9 Å². The molecule has 1 aromatic carbocycles. The Morgan fingerprint density at radius 3 is 2.38 bits per heavy atom. The van der Waals surface area contributed by atoms with Crippen molar-refractivity contribution < 1.29 is 27.8 Å². The lowest BCUT2D eigenvalue weighted by Crippen LogP contribution is -2.68. The number of nitrogens with zero attached hydrogens (tertiary/aromatic N) is 2. The number of rotatable bonds is 6. The van der Waals surface area contributed by atoms with E-state index in [0.29, 0.717) is 41.3 Å². The van der Waals surface area contributed by atoms with Crippen LogP contribution in [0.3, 0.4) is 0 Å². The molecule has 3 aliphatic heterocycles. The summed E-state index contributed by atoms with van der Waals surface area (Å²) in [6, 6.07) is 8.70. The third-order valence-electron chi connectivity index (χ3n) is 8.67. The molecule has 220 valence electrons. The van der Waals surface area contributed by atoms with E-state index in [0.717, 1.165) is 96.2 Å². The smallest absolute Gasteiger partial charge is 0.400 e. The highest BCUT2D eigenvalue weighted by Gasteiger charge is 2.50. The molecule has 0 amide bonds. The number of aliphatic hydroxyl groups excluding tert-OH is 1. The van der Waals surface area contributed by atoms with E-state index in [1.165, 1.54) is 4.57 Å². The van der Waals surface area contributed by atoms with Gasteiger partial charge >= 0.3 is 6.18 Å². The number of likely N-dealkylation sites (tertiary alicyclic amines) is 1. The molecule has 1 spiro atoms. The van der Waals surface area contributed by atoms with Gasteiger partial charge in [-0.25, -0.2) is 0 Å². The fourth-order valence-electron chi connectivity index (χ4n) is 6.55. The summed E-state index contributed by atoms with van der Waals surface area (Å²) in [4.78, 5) is 2.61. The highest BCUT2D eigenvalue weighted by molar-refractivity contribution is 5.94. The largest absolute Gasteiger partial charge is 0.406 e. The van der Waals surface area contributed by atoms with Crippen LogP contribution < -0.4 is 10.6 Å². The molecule has 4 aliphatic rings. The van der Waals surface area contributed by atoms with Crippen LogP contribution in [0.15, 0.2) is 24.3 Å². The maximum atomic E-state index is 13.5. The molecule has 7 nitrogen and oxygen atoms in total. The molecule has 1 saturated carbocycles. The van der Waals surface area contributed by atoms with Gasteiger partial charge in [-0.15, -0.1) is 0 Å². The predicted octanol–water partition coefficient (Wildman–Crippen LogP) is 3.99. The molecule has 4 heterocycles. The highest BCUT2D eigenvalue weighted by Crippen LogP contribution is 2.41. The molecule has 6 rings (SSSR count). The van der Waals surface area contributed by atoms with E-state index < -0.39 is 12.7 Å². The Bertz CT molecular complexity index is 1180. The third kappa shape index (κ3) is 6.77. The van der Waals surface area contributed by atoms with E-state index in [4.69, 9.17) is 14.6 Å². The van der Waals surface area contributed by atoms with Gasteiger partial charge in [-0.3, -0.25) is 4.90 Å². The summed E-state index contributed by atoms with van der Waals surface area (Å²) in [6.45, 7) is 5.01. The summed E-state index contributed by atoms with van der Waals surface area (Å²) in [5.74, 6) is 6.07. The van der Waals surface area contributed by atoms with Crippen molar-refractivity contribution in [3.8, 4) is 11.8 Å². The van der Waals surface area contributed by atoms with Crippen LogP contribution >= 0.6 is 0 Å². The molecule has 4 fully saturated rings. The number of nitrogens with one attached hydrogen (secondary N) is 2. The Labute approximate surface area is 234 Å². The van der Waals surface area contributed by atoms with E-state index in [-0.39, 0.29) is 0 Å². The van der Waals surface area contributed by atoms with Crippen LogP contribution in [-0.2, 0) is 16.0 Å². The Balaban J connectivity index is 0.00000158. The van der Waals surface area contributed by atoms with Gasteiger partial charge in [0.25, 0.3) is 0 Å². The van der Waals surface area contributed by atoms with Gasteiger partial charge in [-0.2, -0.15) is 13.2 Å². The fraction of sp³-hybridized carbons (Fsp3) is 0.667. The zero-order valence-corrected chi connectivity index (χ0v) is 23.2. The maximum Gasteiger partial charge on any atom is 0.406 e. The zero-order valence-electron chi connectivity index (χ0n) is 23.2. The van der Waals surface area contributed by atoms with Crippen molar-refractivity contribution in [1.82, 2.24) is 14.8 Å². The first-order valence-electron chi connectivity index (χ1n) is 14.4. The van der Waals surface area contributed by atoms with Gasteiger partial charge in [0, 0.05) is 68.0 Å². The Morgan fingerprint density at radius 2 is 1.73 bits per heavy atom. The van der Waals surface area contributed by atoms with E-state index in [1.54, 1.807) is 6.07 Å². The van der Waals surface area contributed by atoms with Crippen LogP contribution in [0.25, 0.3) is 10.9 Å². The second-order valence-electron chi connectivity index (χ2n) is 11.6. The molecule has 1 aliphatic carbocycles. The van der Waals surface area contributed by atoms with Crippen LogP contribution in [0.1, 0.15) is 44.2 Å². The van der Waals surface area contributed by atoms with Crippen LogP contribution in [0.5, 0.6) is 0 Å². The lowest BCUT2D eigenvalue weighted by Gasteiger charge is -2.58. The number of benzene rings is 1. The predicted molar refractivity (Wildman–Crippen MR) is 149 cm³/mol. The molecular weight excluding hydrogens is 521 g/mol. The second-order valence-corrected chi connectivity index (χ2v) is 11.6. The minimum Gasteiger partial charge on any atom is -0.400 e. The summed E-state index contributed by atoms with van der Waals surface area (Å²) >= 11 is 0. The minimum absolute atomic E-state index is 0.322. The van der Waals surface area contributed by atoms with E-state index >= 15 is 0 Å². The molecule has 0 atom stereocenters. The van der Waals surface area contributed by atoms with Crippen molar-refractivity contribution in [1.29, 1.82) is 0 Å². The van der Waals surface area contributed by atoms with Crippen molar-refractivity contribution in [2.45, 2.75) is 69.4 Å². The summed E-state index contributed by atoms with van der Waals surface area (Å²) < 4.78 is 52.7. The number of hydrogen-bond acceptors (Lipinski definition) is 6. The fourth-order valence-corrected chi connectivity index (χ4v) is 6.55. The molecule has 0 unspecified atom stereocenters. The number of ether oxygens (including phenoxy) is 2. The molecule has 3 N–H and O–H groups in total. The number of hydrogen-bond donors (Lipinski definition) is 3. The van der Waals surface area contributed by atoms with Gasteiger partial charge in [0.1, 0.15) is 6.54 Å². The monoisotopic (exact) mass is 562 g/mol. The number of alkyl halides is 3. The quantitative estimate of drug-likeness (QED) is 0.463. The van der Waals surface area contributed by atoms with Crippen molar-refractivity contribution in [2.75, 3.05) is 58.5 Å². The normalized spacial score (nSPS) is 24.8. The maximum absolute atomic E-state index is 13.5. The average molecular weight is 563 g/mol. The highest BCUT2D eigenvalue weighted by atomic mass is 19.4. The summed E-state index contributed by atoms with van der Waals surface area (Å²) in [5.41, 5.74) is 2.30. The standard InChI is InChI=1S/C29H37F3N4O2.CH4O/c30-29(31,32)18-36-24(3-2-12-33-21-10-13-37-14-11-21)15-25-26(4-1-5-27(25)36)34-22-6-8-23(9-7-22)35-16-28(17-35)19-38-20-28;1-2/h1,4-5,15,21-23,33-34H,6-14,16-20H2;2H,1H3. The number of aliphatic hydroxyl groups is 1. The summed E-state index contributed by atoms with van der Waals surface area (Å²) in [6.07, 6.45) is 1.96. The zero-order chi connectivity index (χ0) is 28.2. The second kappa shape index (κ2) is 12.7. The minimum atomic E-state index is -4.33. The van der Waals surface area contributed by atoms with E-state index in [2.05, 4.69) is 27.4 Å².